The molecule has 100 valence electrons. The second-order valence-corrected chi connectivity index (χ2v) is 4.94. The summed E-state index contributed by atoms with van der Waals surface area (Å²) < 4.78 is 0. The van der Waals surface area contributed by atoms with Crippen LogP contribution in [0.5, 0.6) is 11.5 Å². The first kappa shape index (κ1) is 12.5. The molecule has 0 amide bonds. The monoisotopic (exact) mass is 266 g/mol. The molecule has 0 aliphatic heterocycles. The lowest BCUT2D eigenvalue weighted by molar-refractivity contribution is 0.102. The number of aromatic hydroxyl groups is 2. The van der Waals surface area contributed by atoms with Crippen molar-refractivity contribution in [3.05, 3.63) is 64.7 Å². The van der Waals surface area contributed by atoms with E-state index < -0.39 is 0 Å². The summed E-state index contributed by atoms with van der Waals surface area (Å²) in [5, 5.41) is 18.9. The van der Waals surface area contributed by atoms with Crippen molar-refractivity contribution >= 4 is 11.9 Å². The number of ketones is 1. The maximum absolute atomic E-state index is 12.4. The summed E-state index contributed by atoms with van der Waals surface area (Å²) in [6.45, 7) is 0. The molecule has 0 spiro atoms. The number of phenols is 2. The number of benzene rings is 2. The molecule has 0 bridgehead atoms. The number of allylic oxidation sites excluding steroid dienone is 1. The highest BCUT2D eigenvalue weighted by atomic mass is 16.3. The van der Waals surface area contributed by atoms with Gasteiger partial charge >= 0.3 is 0 Å². The highest BCUT2D eigenvalue weighted by Gasteiger charge is 2.21. The first-order chi connectivity index (χ1) is 9.63. The van der Waals surface area contributed by atoms with E-state index in [1.165, 1.54) is 6.07 Å². The van der Waals surface area contributed by atoms with Crippen LogP contribution in [0.25, 0.3) is 6.08 Å². The summed E-state index contributed by atoms with van der Waals surface area (Å²) in [5.74, 6) is 0.375. The molecule has 0 heterocycles. The molecule has 1 aliphatic rings. The van der Waals surface area contributed by atoms with Gasteiger partial charge in [0.1, 0.15) is 11.5 Å². The Labute approximate surface area is 116 Å². The van der Waals surface area contributed by atoms with E-state index in [9.17, 15) is 15.0 Å². The van der Waals surface area contributed by atoms with Gasteiger partial charge in [0.15, 0.2) is 5.78 Å². The van der Waals surface area contributed by atoms with Gasteiger partial charge in [-0.2, -0.15) is 0 Å². The maximum Gasteiger partial charge on any atom is 0.189 e. The number of phenolic OH excluding ortho intramolecular Hbond substituents is 2. The minimum atomic E-state index is -0.00501. The van der Waals surface area contributed by atoms with E-state index in [0.717, 1.165) is 23.1 Å². The number of rotatable bonds is 1. The fourth-order valence-electron chi connectivity index (χ4n) is 2.52. The fraction of sp³-hybridized carbons (Fsp3) is 0.118. The molecule has 3 rings (SSSR count). The van der Waals surface area contributed by atoms with Crippen LogP contribution in [0, 0.1) is 0 Å². The average molecular weight is 266 g/mol. The van der Waals surface area contributed by atoms with Gasteiger partial charge in [-0.25, -0.2) is 0 Å². The third-order valence-electron chi connectivity index (χ3n) is 3.50. The third-order valence-corrected chi connectivity index (χ3v) is 3.50. The summed E-state index contributed by atoms with van der Waals surface area (Å²) in [5.41, 5.74) is 3.09. The molecule has 1 aliphatic carbocycles. The van der Waals surface area contributed by atoms with E-state index in [4.69, 9.17) is 0 Å². The van der Waals surface area contributed by atoms with Gasteiger partial charge in [0, 0.05) is 11.1 Å². The molecule has 0 radical (unpaired) electrons. The number of aryl methyl sites for hydroxylation is 1. The Morgan fingerprint density at radius 3 is 2.55 bits per heavy atom. The van der Waals surface area contributed by atoms with Crippen molar-refractivity contribution in [1.82, 2.24) is 0 Å². The number of hydrogen-bond donors (Lipinski definition) is 2. The van der Waals surface area contributed by atoms with Gasteiger partial charge in [0.05, 0.1) is 0 Å². The first-order valence-electron chi connectivity index (χ1n) is 6.50. The summed E-state index contributed by atoms with van der Waals surface area (Å²) in [6, 6.07) is 11.7. The third kappa shape index (κ3) is 2.30. The maximum atomic E-state index is 12.4. The zero-order chi connectivity index (χ0) is 14.1. The molecule has 0 saturated heterocycles. The SMILES string of the molecule is O=C1C(=Cc2cccc(O)c2)CCc2cc(O)ccc21. The van der Waals surface area contributed by atoms with Gasteiger partial charge in [-0.15, -0.1) is 0 Å². The second-order valence-electron chi connectivity index (χ2n) is 4.94. The molecule has 2 aromatic rings. The Bertz CT molecular complexity index is 714. The van der Waals surface area contributed by atoms with E-state index in [-0.39, 0.29) is 17.3 Å². The van der Waals surface area contributed by atoms with Crippen LogP contribution in [0.2, 0.25) is 0 Å². The quantitative estimate of drug-likeness (QED) is 0.778. The van der Waals surface area contributed by atoms with Gasteiger partial charge in [0.25, 0.3) is 0 Å². The second kappa shape index (κ2) is 4.85. The molecule has 0 saturated carbocycles. The lowest BCUT2D eigenvalue weighted by Crippen LogP contribution is -2.13. The van der Waals surface area contributed by atoms with Crippen LogP contribution in [0.15, 0.2) is 48.0 Å². The summed E-state index contributed by atoms with van der Waals surface area (Å²) in [6.07, 6.45) is 3.20. The highest BCUT2D eigenvalue weighted by Crippen LogP contribution is 2.29. The van der Waals surface area contributed by atoms with E-state index in [2.05, 4.69) is 0 Å². The molecule has 20 heavy (non-hydrogen) atoms. The van der Waals surface area contributed by atoms with E-state index in [1.807, 2.05) is 12.1 Å². The van der Waals surface area contributed by atoms with E-state index >= 15 is 0 Å². The van der Waals surface area contributed by atoms with Gasteiger partial charge in [-0.05, 0) is 60.4 Å². The van der Waals surface area contributed by atoms with Crippen molar-refractivity contribution in [2.75, 3.05) is 0 Å². The van der Waals surface area contributed by atoms with E-state index in [1.54, 1.807) is 30.3 Å². The smallest absolute Gasteiger partial charge is 0.189 e. The van der Waals surface area contributed by atoms with Gasteiger partial charge < -0.3 is 10.2 Å². The minimum absolute atomic E-state index is 0.00501. The number of carbonyl (C=O) groups excluding carboxylic acids is 1. The molecule has 2 N–H and O–H groups in total. The van der Waals surface area contributed by atoms with Crippen molar-refractivity contribution in [2.45, 2.75) is 12.8 Å². The molecule has 0 atom stereocenters. The zero-order valence-electron chi connectivity index (χ0n) is 10.8. The van der Waals surface area contributed by atoms with Gasteiger partial charge in [0.2, 0.25) is 0 Å². The van der Waals surface area contributed by atoms with Crippen LogP contribution < -0.4 is 0 Å². The number of fused-ring (bicyclic) bond motifs is 1. The lowest BCUT2D eigenvalue weighted by atomic mass is 9.86. The first-order valence-corrected chi connectivity index (χ1v) is 6.50. The van der Waals surface area contributed by atoms with Crippen LogP contribution in [-0.4, -0.2) is 16.0 Å². The van der Waals surface area contributed by atoms with Gasteiger partial charge in [-0.1, -0.05) is 12.1 Å². The van der Waals surface area contributed by atoms with Crippen LogP contribution in [-0.2, 0) is 6.42 Å². The molecular weight excluding hydrogens is 252 g/mol. The number of hydrogen-bond acceptors (Lipinski definition) is 3. The summed E-state index contributed by atoms with van der Waals surface area (Å²) in [4.78, 5) is 12.4. The van der Waals surface area contributed by atoms with Crippen molar-refractivity contribution in [1.29, 1.82) is 0 Å². The van der Waals surface area contributed by atoms with E-state index in [0.29, 0.717) is 12.0 Å². The standard InChI is InChI=1S/C17H14O3/c18-14-3-1-2-11(9-14)8-13-5-4-12-10-15(19)6-7-16(12)17(13)20/h1-3,6-10,18-19H,4-5H2. The molecule has 3 nitrogen and oxygen atoms in total. The molecule has 3 heteroatoms. The Balaban J connectivity index is 1.98. The van der Waals surface area contributed by atoms with Crippen molar-refractivity contribution in [2.24, 2.45) is 0 Å². The molecule has 2 aromatic carbocycles. The number of Topliss-reactive ketones (excluding diaryl/α,β-unsaturated/α-hetero) is 1. The minimum Gasteiger partial charge on any atom is -0.508 e. The molecule has 0 unspecified atom stereocenters. The predicted octanol–water partition coefficient (Wildman–Crippen LogP) is 3.31. The molecule has 0 aromatic heterocycles. The molecule has 0 fully saturated rings. The topological polar surface area (TPSA) is 57.5 Å². The summed E-state index contributed by atoms with van der Waals surface area (Å²) in [7, 11) is 0. The number of carbonyl (C=O) groups is 1. The van der Waals surface area contributed by atoms with Crippen molar-refractivity contribution in [3.63, 3.8) is 0 Å². The Morgan fingerprint density at radius 2 is 1.75 bits per heavy atom. The van der Waals surface area contributed by atoms with Crippen LogP contribution in [0.4, 0.5) is 0 Å². The van der Waals surface area contributed by atoms with Crippen LogP contribution in [0.3, 0.4) is 0 Å². The fourth-order valence-corrected chi connectivity index (χ4v) is 2.52. The largest absolute Gasteiger partial charge is 0.508 e. The Kier molecular flexibility index (Phi) is 3.03. The lowest BCUT2D eigenvalue weighted by Gasteiger charge is -2.17. The van der Waals surface area contributed by atoms with Crippen LogP contribution in [0.1, 0.15) is 27.9 Å². The van der Waals surface area contributed by atoms with Crippen molar-refractivity contribution < 1.29 is 15.0 Å². The summed E-state index contributed by atoms with van der Waals surface area (Å²) >= 11 is 0. The molecular formula is C17H14O3. The van der Waals surface area contributed by atoms with Gasteiger partial charge in [-0.3, -0.25) is 4.79 Å². The average Bonchev–Trinajstić information content (AvgIpc) is 2.42. The predicted molar refractivity (Wildman–Crippen MR) is 76.8 cm³/mol. The zero-order valence-corrected chi connectivity index (χ0v) is 10.8. The van der Waals surface area contributed by atoms with Crippen LogP contribution >= 0.6 is 0 Å². The Hall–Kier alpha value is -2.55. The van der Waals surface area contributed by atoms with Crippen molar-refractivity contribution in [3.8, 4) is 11.5 Å². The normalized spacial score (nSPS) is 16.2. The highest BCUT2D eigenvalue weighted by molar-refractivity contribution is 6.13. The Morgan fingerprint density at radius 1 is 0.950 bits per heavy atom.